The molecule has 2 fully saturated rings. The summed E-state index contributed by atoms with van der Waals surface area (Å²) < 4.78 is 25.1. The fourth-order valence-electron chi connectivity index (χ4n) is 4.30. The van der Waals surface area contributed by atoms with E-state index >= 15 is 0 Å². The van der Waals surface area contributed by atoms with Crippen molar-refractivity contribution in [1.29, 1.82) is 5.26 Å². The van der Waals surface area contributed by atoms with Crippen LogP contribution < -0.4 is 0 Å². The van der Waals surface area contributed by atoms with Crippen LogP contribution in [0.2, 0.25) is 0 Å². The van der Waals surface area contributed by atoms with Crippen LogP contribution in [0.5, 0.6) is 0 Å². The number of benzene rings is 1. The molecule has 2 unspecified atom stereocenters. The average Bonchev–Trinajstić information content (AvgIpc) is 2.89. The number of ketones is 1. The second kappa shape index (κ2) is 8.55. The van der Waals surface area contributed by atoms with E-state index in [4.69, 9.17) is 5.26 Å². The SMILES string of the molecule is CC(C)(C)C(=O)CN1CC2CCC(C1)N2CCCS(=O)(=O)c1ccc(C#N)cc1. The van der Waals surface area contributed by atoms with Crippen molar-refractivity contribution in [1.82, 2.24) is 9.80 Å². The normalized spacial score (nSPS) is 23.1. The minimum absolute atomic E-state index is 0.112. The fraction of sp³-hybridized carbons (Fsp3) is 0.636. The highest BCUT2D eigenvalue weighted by Crippen LogP contribution is 2.31. The summed E-state index contributed by atoms with van der Waals surface area (Å²) in [6.45, 7) is 8.96. The summed E-state index contributed by atoms with van der Waals surface area (Å²) in [7, 11) is -3.33. The van der Waals surface area contributed by atoms with Gasteiger partial charge >= 0.3 is 0 Å². The second-order valence-corrected chi connectivity index (χ2v) is 11.4. The molecular formula is C22H31N3O3S. The van der Waals surface area contributed by atoms with Crippen LogP contribution in [0.1, 0.15) is 45.6 Å². The number of hydrogen-bond acceptors (Lipinski definition) is 6. The molecule has 2 aliphatic heterocycles. The quantitative estimate of drug-likeness (QED) is 0.678. The number of nitrogens with zero attached hydrogens (tertiary/aromatic N) is 3. The Balaban J connectivity index is 1.52. The molecule has 2 bridgehead atoms. The zero-order valence-corrected chi connectivity index (χ0v) is 18.4. The number of rotatable bonds is 7. The van der Waals surface area contributed by atoms with E-state index in [2.05, 4.69) is 9.80 Å². The molecule has 2 heterocycles. The number of Topliss-reactive ketones (excluding diaryl/α,β-unsaturated/α-hetero) is 1. The number of carbonyl (C=O) groups excluding carboxylic acids is 1. The highest BCUT2D eigenvalue weighted by molar-refractivity contribution is 7.91. The van der Waals surface area contributed by atoms with E-state index in [9.17, 15) is 13.2 Å². The van der Waals surface area contributed by atoms with Gasteiger partial charge in [0.25, 0.3) is 0 Å². The van der Waals surface area contributed by atoms with E-state index in [1.807, 2.05) is 26.8 Å². The van der Waals surface area contributed by atoms with E-state index in [1.54, 1.807) is 12.1 Å². The van der Waals surface area contributed by atoms with Gasteiger partial charge in [0.05, 0.1) is 28.8 Å². The first-order chi connectivity index (χ1) is 13.6. The zero-order valence-electron chi connectivity index (χ0n) is 17.6. The van der Waals surface area contributed by atoms with Crippen LogP contribution in [0, 0.1) is 16.7 Å². The van der Waals surface area contributed by atoms with Crippen LogP contribution in [0.4, 0.5) is 0 Å². The fourth-order valence-corrected chi connectivity index (χ4v) is 5.60. The van der Waals surface area contributed by atoms with Gasteiger partial charge in [-0.2, -0.15) is 5.26 Å². The Hall–Kier alpha value is -1.75. The summed E-state index contributed by atoms with van der Waals surface area (Å²) in [5.41, 5.74) is 0.152. The third-order valence-electron chi connectivity index (χ3n) is 6.08. The lowest BCUT2D eigenvalue weighted by Crippen LogP contribution is -2.55. The van der Waals surface area contributed by atoms with Crippen molar-refractivity contribution in [2.45, 2.75) is 57.0 Å². The molecule has 6 nitrogen and oxygen atoms in total. The Kier molecular flexibility index (Phi) is 6.47. The molecule has 0 radical (unpaired) electrons. The van der Waals surface area contributed by atoms with Gasteiger partial charge in [-0.15, -0.1) is 0 Å². The summed E-state index contributed by atoms with van der Waals surface area (Å²) in [6.07, 6.45) is 2.83. The zero-order chi connectivity index (χ0) is 21.2. The number of piperazine rings is 1. The van der Waals surface area contributed by atoms with E-state index in [0.717, 1.165) is 32.5 Å². The van der Waals surface area contributed by atoms with E-state index in [1.165, 1.54) is 12.1 Å². The number of hydrogen-bond donors (Lipinski definition) is 0. The first-order valence-electron chi connectivity index (χ1n) is 10.3. The smallest absolute Gasteiger partial charge is 0.178 e. The molecule has 0 saturated carbocycles. The Morgan fingerprint density at radius 2 is 1.72 bits per heavy atom. The summed E-state index contributed by atoms with van der Waals surface area (Å²) in [6, 6.07) is 8.96. The van der Waals surface area contributed by atoms with Crippen molar-refractivity contribution in [2.24, 2.45) is 5.41 Å². The molecule has 0 aromatic heterocycles. The van der Waals surface area contributed by atoms with Gasteiger partial charge in [0.15, 0.2) is 15.6 Å². The number of sulfone groups is 1. The predicted molar refractivity (Wildman–Crippen MR) is 112 cm³/mol. The maximum atomic E-state index is 12.6. The average molecular weight is 418 g/mol. The van der Waals surface area contributed by atoms with Crippen LogP contribution in [0.3, 0.4) is 0 Å². The number of nitriles is 1. The van der Waals surface area contributed by atoms with Crippen molar-refractivity contribution in [3.63, 3.8) is 0 Å². The van der Waals surface area contributed by atoms with Gasteiger partial charge in [0, 0.05) is 30.6 Å². The van der Waals surface area contributed by atoms with Gasteiger partial charge in [-0.25, -0.2) is 8.42 Å². The molecular weight excluding hydrogens is 386 g/mol. The molecule has 0 spiro atoms. The molecule has 1 aromatic rings. The summed E-state index contributed by atoms with van der Waals surface area (Å²) in [4.78, 5) is 17.4. The van der Waals surface area contributed by atoms with Crippen LogP contribution in [0.15, 0.2) is 29.2 Å². The lowest BCUT2D eigenvalue weighted by Gasteiger charge is -2.41. The molecule has 1 aromatic carbocycles. The van der Waals surface area contributed by atoms with Crippen molar-refractivity contribution in [2.75, 3.05) is 31.9 Å². The van der Waals surface area contributed by atoms with Gasteiger partial charge in [-0.3, -0.25) is 14.6 Å². The highest BCUT2D eigenvalue weighted by atomic mass is 32.2. The van der Waals surface area contributed by atoms with E-state index in [-0.39, 0.29) is 21.8 Å². The Morgan fingerprint density at radius 3 is 2.24 bits per heavy atom. The Morgan fingerprint density at radius 1 is 1.14 bits per heavy atom. The van der Waals surface area contributed by atoms with Crippen molar-refractivity contribution in [3.05, 3.63) is 29.8 Å². The highest BCUT2D eigenvalue weighted by Gasteiger charge is 2.40. The standard InChI is InChI=1S/C22H31N3O3S/c1-22(2,3)21(26)16-24-14-18-7-8-19(15-24)25(18)11-4-12-29(27,28)20-9-5-17(13-23)6-10-20/h5-6,9-10,18-19H,4,7-8,11-12,14-16H2,1-3H3. The van der Waals surface area contributed by atoms with Crippen LogP contribution in [-0.2, 0) is 14.6 Å². The van der Waals surface area contributed by atoms with Gasteiger partial charge < -0.3 is 0 Å². The van der Waals surface area contributed by atoms with Gasteiger partial charge in [0.1, 0.15) is 0 Å². The first-order valence-corrected chi connectivity index (χ1v) is 12.0. The van der Waals surface area contributed by atoms with Crippen molar-refractivity contribution in [3.8, 4) is 6.07 Å². The third kappa shape index (κ3) is 5.25. The summed E-state index contributed by atoms with van der Waals surface area (Å²) in [5.74, 6) is 0.389. The van der Waals surface area contributed by atoms with Crippen LogP contribution in [0.25, 0.3) is 0 Å². The van der Waals surface area contributed by atoms with Crippen LogP contribution >= 0.6 is 0 Å². The minimum Gasteiger partial charge on any atom is -0.298 e. The summed E-state index contributed by atoms with van der Waals surface area (Å²) >= 11 is 0. The first kappa shape index (κ1) is 21.9. The van der Waals surface area contributed by atoms with E-state index < -0.39 is 9.84 Å². The Labute approximate surface area is 174 Å². The van der Waals surface area contributed by atoms with E-state index in [0.29, 0.717) is 30.6 Å². The van der Waals surface area contributed by atoms with Crippen LogP contribution in [-0.4, -0.2) is 68.0 Å². The lowest BCUT2D eigenvalue weighted by atomic mass is 9.90. The molecule has 7 heteroatoms. The largest absolute Gasteiger partial charge is 0.298 e. The molecule has 0 N–H and O–H groups in total. The minimum atomic E-state index is -3.33. The molecule has 158 valence electrons. The molecule has 0 aliphatic carbocycles. The molecule has 2 atom stereocenters. The maximum Gasteiger partial charge on any atom is 0.178 e. The summed E-state index contributed by atoms with van der Waals surface area (Å²) in [5, 5.41) is 8.85. The number of fused-ring (bicyclic) bond motifs is 2. The van der Waals surface area contributed by atoms with Gasteiger partial charge in [-0.1, -0.05) is 20.8 Å². The molecule has 0 amide bonds. The molecule has 2 aliphatic rings. The second-order valence-electron chi connectivity index (χ2n) is 9.30. The molecule has 3 rings (SSSR count). The van der Waals surface area contributed by atoms with Crippen molar-refractivity contribution >= 4 is 15.6 Å². The third-order valence-corrected chi connectivity index (χ3v) is 7.90. The predicted octanol–water partition coefficient (Wildman–Crippen LogP) is 2.49. The number of likely N-dealkylation sites (tertiary alicyclic amines) is 1. The molecule has 29 heavy (non-hydrogen) atoms. The number of carbonyl (C=O) groups is 1. The van der Waals surface area contributed by atoms with Gasteiger partial charge in [-0.05, 0) is 50.1 Å². The Bertz CT molecular complexity index is 867. The topological polar surface area (TPSA) is 81.5 Å². The monoisotopic (exact) mass is 417 g/mol. The molecule has 2 saturated heterocycles. The van der Waals surface area contributed by atoms with Crippen molar-refractivity contribution < 1.29 is 13.2 Å². The lowest BCUT2D eigenvalue weighted by molar-refractivity contribution is -0.128. The van der Waals surface area contributed by atoms with Gasteiger partial charge in [0.2, 0.25) is 0 Å². The maximum absolute atomic E-state index is 12.6.